The molecule has 0 heterocycles. The molecule has 0 saturated carbocycles. The Labute approximate surface area is 110 Å². The summed E-state index contributed by atoms with van der Waals surface area (Å²) in [6.45, 7) is 0.460. The molecule has 0 bridgehead atoms. The molecule has 7 heteroatoms. The molecule has 1 aromatic carbocycles. The fourth-order valence-corrected chi connectivity index (χ4v) is 1.52. The maximum atomic E-state index is 11.9. The minimum Gasteiger partial charge on any atom is -0.496 e. The molecule has 1 rings (SSSR count). The van der Waals surface area contributed by atoms with Gasteiger partial charge in [0.25, 0.3) is 11.6 Å². The average molecular weight is 268 g/mol. The van der Waals surface area contributed by atoms with E-state index in [2.05, 4.69) is 5.32 Å². The van der Waals surface area contributed by atoms with Crippen LogP contribution in [0.2, 0.25) is 0 Å². The smallest absolute Gasteiger partial charge is 0.270 e. The van der Waals surface area contributed by atoms with Crippen molar-refractivity contribution in [3.05, 3.63) is 33.9 Å². The van der Waals surface area contributed by atoms with Crippen LogP contribution < -0.4 is 10.1 Å². The van der Waals surface area contributed by atoms with E-state index in [1.54, 1.807) is 0 Å². The van der Waals surface area contributed by atoms with Crippen molar-refractivity contribution in [3.63, 3.8) is 0 Å². The zero-order valence-electron chi connectivity index (χ0n) is 10.6. The third-order valence-corrected chi connectivity index (χ3v) is 2.51. The number of aliphatic hydroxyl groups is 1. The Kier molecular flexibility index (Phi) is 5.74. The molecule has 0 unspecified atom stereocenters. The van der Waals surface area contributed by atoms with Crippen LogP contribution in [0.15, 0.2) is 18.2 Å². The fraction of sp³-hybridized carbons (Fsp3) is 0.417. The average Bonchev–Trinajstić information content (AvgIpc) is 2.42. The van der Waals surface area contributed by atoms with Crippen LogP contribution in [0.4, 0.5) is 5.69 Å². The van der Waals surface area contributed by atoms with Crippen molar-refractivity contribution < 1.29 is 19.6 Å². The second kappa shape index (κ2) is 7.32. The summed E-state index contributed by atoms with van der Waals surface area (Å²) in [5.41, 5.74) is -0.0398. The van der Waals surface area contributed by atoms with E-state index in [4.69, 9.17) is 9.84 Å². The zero-order chi connectivity index (χ0) is 14.3. The van der Waals surface area contributed by atoms with E-state index in [0.29, 0.717) is 19.4 Å². The highest BCUT2D eigenvalue weighted by molar-refractivity contribution is 5.97. The van der Waals surface area contributed by atoms with Crippen LogP contribution in [-0.2, 0) is 0 Å². The predicted octanol–water partition coefficient (Wildman–Crippen LogP) is 1.11. The molecule has 0 atom stereocenters. The van der Waals surface area contributed by atoms with E-state index in [9.17, 15) is 14.9 Å². The molecule has 1 amide bonds. The number of nitro groups is 1. The summed E-state index contributed by atoms with van der Waals surface area (Å²) in [5, 5.41) is 21.9. The monoisotopic (exact) mass is 268 g/mol. The number of nitrogens with zero attached hydrogens (tertiary/aromatic N) is 1. The number of hydrogen-bond donors (Lipinski definition) is 2. The van der Waals surface area contributed by atoms with Crippen molar-refractivity contribution in [2.45, 2.75) is 12.8 Å². The minimum absolute atomic E-state index is 0.0655. The molecule has 0 fully saturated rings. The van der Waals surface area contributed by atoms with Crippen LogP contribution >= 0.6 is 0 Å². The zero-order valence-corrected chi connectivity index (χ0v) is 10.6. The standard InChI is InChI=1S/C12H16N2O5/c1-19-11-5-4-9(14(17)18)8-10(11)12(16)13-6-2-3-7-15/h4-5,8,15H,2-3,6-7H2,1H3,(H,13,16). The van der Waals surface area contributed by atoms with Crippen LogP contribution in [0.3, 0.4) is 0 Å². The fourth-order valence-electron chi connectivity index (χ4n) is 1.52. The molecule has 19 heavy (non-hydrogen) atoms. The molecular weight excluding hydrogens is 252 g/mol. The van der Waals surface area contributed by atoms with E-state index in [-0.39, 0.29) is 23.6 Å². The molecule has 7 nitrogen and oxygen atoms in total. The number of amides is 1. The molecule has 0 aliphatic heterocycles. The van der Waals surface area contributed by atoms with Crippen molar-refractivity contribution >= 4 is 11.6 Å². The van der Waals surface area contributed by atoms with Crippen molar-refractivity contribution in [1.82, 2.24) is 5.32 Å². The Morgan fingerprint density at radius 1 is 1.47 bits per heavy atom. The van der Waals surface area contributed by atoms with Crippen LogP contribution in [0.25, 0.3) is 0 Å². The SMILES string of the molecule is COc1ccc([N+](=O)[O-])cc1C(=O)NCCCCO. The lowest BCUT2D eigenvalue weighted by Crippen LogP contribution is -2.25. The van der Waals surface area contributed by atoms with Gasteiger partial charge in [-0.1, -0.05) is 0 Å². The van der Waals surface area contributed by atoms with Gasteiger partial charge < -0.3 is 15.2 Å². The summed E-state index contributed by atoms with van der Waals surface area (Å²) < 4.78 is 5.01. The molecule has 0 saturated heterocycles. The molecule has 0 spiro atoms. The summed E-state index contributed by atoms with van der Waals surface area (Å²) in [5.74, 6) is -0.149. The first-order chi connectivity index (χ1) is 9.10. The first kappa shape index (κ1) is 14.9. The number of methoxy groups -OCH3 is 1. The number of carbonyl (C=O) groups is 1. The van der Waals surface area contributed by atoms with Gasteiger partial charge in [-0.2, -0.15) is 0 Å². The largest absolute Gasteiger partial charge is 0.496 e. The third kappa shape index (κ3) is 4.22. The van der Waals surface area contributed by atoms with Gasteiger partial charge in [0, 0.05) is 25.3 Å². The lowest BCUT2D eigenvalue weighted by atomic mass is 10.1. The number of nitro benzene ring substituents is 1. The topological polar surface area (TPSA) is 102 Å². The highest BCUT2D eigenvalue weighted by atomic mass is 16.6. The van der Waals surface area contributed by atoms with E-state index in [1.807, 2.05) is 0 Å². The highest BCUT2D eigenvalue weighted by Crippen LogP contribution is 2.23. The van der Waals surface area contributed by atoms with Gasteiger partial charge >= 0.3 is 0 Å². The number of benzene rings is 1. The number of ether oxygens (including phenoxy) is 1. The lowest BCUT2D eigenvalue weighted by molar-refractivity contribution is -0.384. The first-order valence-electron chi connectivity index (χ1n) is 5.81. The minimum atomic E-state index is -0.567. The number of rotatable bonds is 7. The van der Waals surface area contributed by atoms with Gasteiger partial charge in [0.2, 0.25) is 0 Å². The summed E-state index contributed by atoms with van der Waals surface area (Å²) in [6.07, 6.45) is 1.23. The second-order valence-electron chi connectivity index (χ2n) is 3.83. The normalized spacial score (nSPS) is 10.0. The Bertz CT molecular complexity index is 461. The molecule has 104 valence electrons. The Morgan fingerprint density at radius 2 is 2.21 bits per heavy atom. The first-order valence-corrected chi connectivity index (χ1v) is 5.81. The van der Waals surface area contributed by atoms with E-state index >= 15 is 0 Å². The van der Waals surface area contributed by atoms with E-state index in [1.165, 1.54) is 25.3 Å². The third-order valence-electron chi connectivity index (χ3n) is 2.51. The van der Waals surface area contributed by atoms with Gasteiger partial charge in [-0.05, 0) is 18.9 Å². The number of aliphatic hydroxyl groups excluding tert-OH is 1. The number of non-ortho nitro benzene ring substituents is 1. The van der Waals surface area contributed by atoms with E-state index < -0.39 is 10.8 Å². The second-order valence-corrected chi connectivity index (χ2v) is 3.83. The van der Waals surface area contributed by atoms with Crippen molar-refractivity contribution in [1.29, 1.82) is 0 Å². The van der Waals surface area contributed by atoms with Crippen molar-refractivity contribution in [2.75, 3.05) is 20.3 Å². The van der Waals surface area contributed by atoms with Gasteiger partial charge in [-0.15, -0.1) is 0 Å². The van der Waals surface area contributed by atoms with Gasteiger partial charge in [0.1, 0.15) is 5.75 Å². The van der Waals surface area contributed by atoms with Crippen molar-refractivity contribution in [2.24, 2.45) is 0 Å². The maximum absolute atomic E-state index is 11.9. The summed E-state index contributed by atoms with van der Waals surface area (Å²) in [6, 6.07) is 3.85. The van der Waals surface area contributed by atoms with Gasteiger partial charge in [-0.3, -0.25) is 14.9 Å². The summed E-state index contributed by atoms with van der Waals surface area (Å²) >= 11 is 0. The number of carbonyl (C=O) groups excluding carboxylic acids is 1. The summed E-state index contributed by atoms with van der Waals surface area (Å²) in [4.78, 5) is 22.0. The molecule has 1 aromatic rings. The molecule has 0 aliphatic rings. The van der Waals surface area contributed by atoms with Gasteiger partial charge in [0.15, 0.2) is 0 Å². The molecule has 0 radical (unpaired) electrons. The van der Waals surface area contributed by atoms with Crippen LogP contribution in [-0.4, -0.2) is 36.2 Å². The number of nitrogens with one attached hydrogen (secondary N) is 1. The lowest BCUT2D eigenvalue weighted by Gasteiger charge is -2.08. The van der Waals surface area contributed by atoms with Gasteiger partial charge in [-0.25, -0.2) is 0 Å². The van der Waals surface area contributed by atoms with Crippen LogP contribution in [0, 0.1) is 10.1 Å². The highest BCUT2D eigenvalue weighted by Gasteiger charge is 2.16. The Morgan fingerprint density at radius 3 is 2.79 bits per heavy atom. The van der Waals surface area contributed by atoms with Crippen LogP contribution in [0.5, 0.6) is 5.75 Å². The quantitative estimate of drug-likeness (QED) is 0.438. The summed E-state index contributed by atoms with van der Waals surface area (Å²) in [7, 11) is 1.39. The maximum Gasteiger partial charge on any atom is 0.270 e. The predicted molar refractivity (Wildman–Crippen MR) is 68.3 cm³/mol. The number of hydrogen-bond acceptors (Lipinski definition) is 5. The molecule has 0 aromatic heterocycles. The number of unbranched alkanes of at least 4 members (excludes halogenated alkanes) is 1. The van der Waals surface area contributed by atoms with Crippen LogP contribution in [0.1, 0.15) is 23.2 Å². The molecule has 0 aliphatic carbocycles. The van der Waals surface area contributed by atoms with Crippen molar-refractivity contribution in [3.8, 4) is 5.75 Å². The van der Waals surface area contributed by atoms with Gasteiger partial charge in [0.05, 0.1) is 17.6 Å². The molecule has 2 N–H and O–H groups in total. The Hall–Kier alpha value is -2.15. The molecular formula is C12H16N2O5. The van der Waals surface area contributed by atoms with E-state index in [0.717, 1.165) is 0 Å². The Balaban J connectivity index is 2.81.